The average Bonchev–Trinajstić information content (AvgIpc) is 2.60. The number of hydrogen-bond donors (Lipinski definition) is 1. The predicted molar refractivity (Wildman–Crippen MR) is 70.8 cm³/mol. The zero-order valence-electron chi connectivity index (χ0n) is 10.8. The average molecular weight is 269 g/mol. The number of nitrogens with one attached hydrogen (secondary N) is 1. The molecule has 1 aromatic heterocycles. The Balaban J connectivity index is 2.24. The number of likely N-dealkylation sites (tertiary alicyclic amines) is 1. The summed E-state index contributed by atoms with van der Waals surface area (Å²) < 4.78 is 0. The minimum absolute atomic E-state index is 0.0967. The van der Waals surface area contributed by atoms with Crippen molar-refractivity contribution in [2.75, 3.05) is 18.9 Å². The van der Waals surface area contributed by atoms with Crippen molar-refractivity contribution < 1.29 is 4.79 Å². The highest BCUT2D eigenvalue weighted by molar-refractivity contribution is 6.30. The Morgan fingerprint density at radius 1 is 1.50 bits per heavy atom. The van der Waals surface area contributed by atoms with Crippen LogP contribution >= 0.6 is 11.6 Å². The van der Waals surface area contributed by atoms with Gasteiger partial charge in [-0.25, -0.2) is 9.97 Å². The van der Waals surface area contributed by atoms with E-state index in [1.807, 2.05) is 13.8 Å². The highest BCUT2D eigenvalue weighted by atomic mass is 35.5. The van der Waals surface area contributed by atoms with Crippen LogP contribution in [0.1, 0.15) is 31.7 Å². The van der Waals surface area contributed by atoms with E-state index >= 15 is 0 Å². The molecule has 18 heavy (non-hydrogen) atoms. The van der Waals surface area contributed by atoms with Crippen molar-refractivity contribution in [2.24, 2.45) is 0 Å². The molecule has 0 saturated carbocycles. The Labute approximate surface area is 112 Å². The minimum Gasteiger partial charge on any atom is -0.358 e. The third-order valence-electron chi connectivity index (χ3n) is 3.15. The van der Waals surface area contributed by atoms with Gasteiger partial charge in [-0.05, 0) is 12.3 Å². The number of amides is 1. The van der Waals surface area contributed by atoms with Crippen LogP contribution in [0.15, 0.2) is 6.33 Å². The van der Waals surface area contributed by atoms with Crippen molar-refractivity contribution in [1.29, 1.82) is 0 Å². The molecule has 1 unspecified atom stereocenters. The smallest absolute Gasteiger partial charge is 0.244 e. The first kappa shape index (κ1) is 13.1. The summed E-state index contributed by atoms with van der Waals surface area (Å²) in [7, 11) is 1.81. The standard InChI is InChI=1S/C12H17ClN4O/c1-7(2)9-10(13)14-6-15-11(9)16-8-4-5-17(3)12(8)18/h6-8H,4-5H2,1-3H3,(H,14,15,16). The zero-order valence-corrected chi connectivity index (χ0v) is 11.5. The molecule has 2 rings (SSSR count). The van der Waals surface area contributed by atoms with Crippen LogP contribution in [0.5, 0.6) is 0 Å². The van der Waals surface area contributed by atoms with Gasteiger partial charge in [0.15, 0.2) is 0 Å². The summed E-state index contributed by atoms with van der Waals surface area (Å²) in [6.07, 6.45) is 2.20. The molecule has 1 amide bonds. The van der Waals surface area contributed by atoms with E-state index in [0.717, 1.165) is 18.5 Å². The van der Waals surface area contributed by atoms with E-state index < -0.39 is 0 Å². The van der Waals surface area contributed by atoms with E-state index in [2.05, 4.69) is 15.3 Å². The molecule has 0 bridgehead atoms. The van der Waals surface area contributed by atoms with E-state index in [1.165, 1.54) is 6.33 Å². The van der Waals surface area contributed by atoms with Crippen molar-refractivity contribution in [3.05, 3.63) is 17.0 Å². The maximum Gasteiger partial charge on any atom is 0.244 e. The Hall–Kier alpha value is -1.36. The van der Waals surface area contributed by atoms with E-state index in [4.69, 9.17) is 11.6 Å². The van der Waals surface area contributed by atoms with Gasteiger partial charge in [-0.15, -0.1) is 0 Å². The molecule has 5 nitrogen and oxygen atoms in total. The molecule has 1 N–H and O–H groups in total. The molecule has 0 aromatic carbocycles. The summed E-state index contributed by atoms with van der Waals surface area (Å²) in [6, 6.07) is -0.210. The number of likely N-dealkylation sites (N-methyl/N-ethyl adjacent to an activating group) is 1. The molecule has 0 aliphatic carbocycles. The normalized spacial score (nSPS) is 19.7. The monoisotopic (exact) mass is 268 g/mol. The fourth-order valence-corrected chi connectivity index (χ4v) is 2.47. The van der Waals surface area contributed by atoms with E-state index in [9.17, 15) is 4.79 Å². The second kappa shape index (κ2) is 5.10. The summed E-state index contributed by atoms with van der Waals surface area (Å²) in [5.41, 5.74) is 0.863. The number of carbonyl (C=O) groups is 1. The van der Waals surface area contributed by atoms with Crippen LogP contribution < -0.4 is 5.32 Å². The number of halogens is 1. The second-order valence-electron chi connectivity index (χ2n) is 4.83. The van der Waals surface area contributed by atoms with Crippen molar-refractivity contribution >= 4 is 23.3 Å². The topological polar surface area (TPSA) is 58.1 Å². The van der Waals surface area contributed by atoms with Gasteiger partial charge < -0.3 is 10.2 Å². The maximum absolute atomic E-state index is 11.9. The lowest BCUT2D eigenvalue weighted by molar-refractivity contribution is -0.127. The Kier molecular flexibility index (Phi) is 3.71. The zero-order chi connectivity index (χ0) is 13.3. The first-order valence-corrected chi connectivity index (χ1v) is 6.40. The summed E-state index contributed by atoms with van der Waals surface area (Å²) in [6.45, 7) is 4.82. The first-order chi connectivity index (χ1) is 8.50. The number of nitrogens with zero attached hydrogens (tertiary/aromatic N) is 3. The van der Waals surface area contributed by atoms with Crippen molar-refractivity contribution in [1.82, 2.24) is 14.9 Å². The molecular weight excluding hydrogens is 252 g/mol. The molecule has 2 heterocycles. The van der Waals surface area contributed by atoms with Gasteiger partial charge in [-0.3, -0.25) is 4.79 Å². The van der Waals surface area contributed by atoms with Gasteiger partial charge in [-0.2, -0.15) is 0 Å². The SMILES string of the molecule is CC(C)c1c(Cl)ncnc1NC1CCN(C)C1=O. The van der Waals surface area contributed by atoms with Gasteiger partial charge in [0, 0.05) is 19.2 Å². The van der Waals surface area contributed by atoms with E-state index in [-0.39, 0.29) is 17.9 Å². The van der Waals surface area contributed by atoms with Gasteiger partial charge in [0.1, 0.15) is 23.3 Å². The van der Waals surface area contributed by atoms with Crippen LogP contribution in [0.3, 0.4) is 0 Å². The van der Waals surface area contributed by atoms with Crippen molar-refractivity contribution in [3.8, 4) is 0 Å². The van der Waals surface area contributed by atoms with Crippen LogP contribution in [0.2, 0.25) is 5.15 Å². The first-order valence-electron chi connectivity index (χ1n) is 6.02. The molecule has 0 spiro atoms. The third-order valence-corrected chi connectivity index (χ3v) is 3.45. The molecule has 1 aliphatic heterocycles. The quantitative estimate of drug-likeness (QED) is 0.851. The lowest BCUT2D eigenvalue weighted by Crippen LogP contribution is -2.31. The highest BCUT2D eigenvalue weighted by Gasteiger charge is 2.30. The maximum atomic E-state index is 11.9. The van der Waals surface area contributed by atoms with Crippen LogP contribution in [0.4, 0.5) is 5.82 Å². The molecule has 6 heteroatoms. The molecular formula is C12H17ClN4O. The van der Waals surface area contributed by atoms with Gasteiger partial charge in [-0.1, -0.05) is 25.4 Å². The number of rotatable bonds is 3. The van der Waals surface area contributed by atoms with Gasteiger partial charge >= 0.3 is 0 Å². The number of hydrogen-bond acceptors (Lipinski definition) is 4. The lowest BCUT2D eigenvalue weighted by atomic mass is 10.1. The Morgan fingerprint density at radius 3 is 2.78 bits per heavy atom. The summed E-state index contributed by atoms with van der Waals surface area (Å²) in [4.78, 5) is 21.8. The molecule has 1 aliphatic rings. The molecule has 1 atom stereocenters. The minimum atomic E-state index is -0.210. The fourth-order valence-electron chi connectivity index (χ4n) is 2.12. The molecule has 98 valence electrons. The van der Waals surface area contributed by atoms with Crippen LogP contribution in [0.25, 0.3) is 0 Å². The van der Waals surface area contributed by atoms with Gasteiger partial charge in [0.25, 0.3) is 0 Å². The van der Waals surface area contributed by atoms with Crippen LogP contribution in [0, 0.1) is 0 Å². The van der Waals surface area contributed by atoms with Gasteiger partial charge in [0.05, 0.1) is 0 Å². The number of anilines is 1. The van der Waals surface area contributed by atoms with Crippen molar-refractivity contribution in [3.63, 3.8) is 0 Å². The van der Waals surface area contributed by atoms with Gasteiger partial charge in [0.2, 0.25) is 5.91 Å². The van der Waals surface area contributed by atoms with E-state index in [1.54, 1.807) is 11.9 Å². The third kappa shape index (κ3) is 2.41. The predicted octanol–water partition coefficient (Wildman–Crippen LogP) is 1.90. The summed E-state index contributed by atoms with van der Waals surface area (Å²) in [5, 5.41) is 3.63. The number of aromatic nitrogens is 2. The molecule has 1 fully saturated rings. The molecule has 1 saturated heterocycles. The van der Waals surface area contributed by atoms with Crippen LogP contribution in [-0.4, -0.2) is 40.4 Å². The molecule has 0 radical (unpaired) electrons. The second-order valence-corrected chi connectivity index (χ2v) is 5.18. The highest BCUT2D eigenvalue weighted by Crippen LogP contribution is 2.29. The fraction of sp³-hybridized carbons (Fsp3) is 0.583. The summed E-state index contributed by atoms with van der Waals surface area (Å²) >= 11 is 6.09. The molecule has 1 aromatic rings. The van der Waals surface area contributed by atoms with Crippen LogP contribution in [-0.2, 0) is 4.79 Å². The van der Waals surface area contributed by atoms with Crippen molar-refractivity contribution in [2.45, 2.75) is 32.2 Å². The summed E-state index contributed by atoms with van der Waals surface area (Å²) in [5.74, 6) is 0.966. The largest absolute Gasteiger partial charge is 0.358 e. The van der Waals surface area contributed by atoms with E-state index in [0.29, 0.717) is 11.0 Å². The number of carbonyl (C=O) groups excluding carboxylic acids is 1. The lowest BCUT2D eigenvalue weighted by Gasteiger charge is -2.17. The Bertz CT molecular complexity index is 463. The Morgan fingerprint density at radius 2 is 2.22 bits per heavy atom.